The standard InChI is InChI=1S/C15H28N4/c1-4-8-19-11-7-17-14(19)12-16-13-15(2)5-9-18(3)10-6-15/h7,11,16H,4-6,8-10,12-13H2,1-3H3. The van der Waals surface area contributed by atoms with Gasteiger partial charge in [0.1, 0.15) is 5.82 Å². The molecule has 4 heteroatoms. The Kier molecular flexibility index (Phi) is 4.99. The second kappa shape index (κ2) is 6.53. The zero-order valence-corrected chi connectivity index (χ0v) is 12.7. The van der Waals surface area contributed by atoms with Crippen LogP contribution in [0.15, 0.2) is 12.4 Å². The number of rotatable bonds is 6. The average Bonchev–Trinajstić information content (AvgIpc) is 2.82. The van der Waals surface area contributed by atoms with Crippen LogP contribution in [-0.4, -0.2) is 41.1 Å². The van der Waals surface area contributed by atoms with Crippen molar-refractivity contribution in [3.63, 3.8) is 0 Å². The largest absolute Gasteiger partial charge is 0.334 e. The molecule has 0 saturated carbocycles. The summed E-state index contributed by atoms with van der Waals surface area (Å²) >= 11 is 0. The van der Waals surface area contributed by atoms with Gasteiger partial charge in [-0.05, 0) is 44.8 Å². The number of aromatic nitrogens is 2. The second-order valence-electron chi connectivity index (χ2n) is 6.25. The molecule has 1 aliphatic heterocycles. The predicted octanol–water partition coefficient (Wildman–Crippen LogP) is 2.11. The van der Waals surface area contributed by atoms with E-state index in [9.17, 15) is 0 Å². The molecule has 0 bridgehead atoms. The molecule has 2 heterocycles. The van der Waals surface area contributed by atoms with Crippen LogP contribution in [0.5, 0.6) is 0 Å². The zero-order valence-electron chi connectivity index (χ0n) is 12.7. The van der Waals surface area contributed by atoms with E-state index in [-0.39, 0.29) is 0 Å². The Hall–Kier alpha value is -0.870. The molecule has 0 atom stereocenters. The van der Waals surface area contributed by atoms with Gasteiger partial charge < -0.3 is 14.8 Å². The lowest BCUT2D eigenvalue weighted by molar-refractivity contribution is 0.136. The van der Waals surface area contributed by atoms with Crippen molar-refractivity contribution in [2.24, 2.45) is 5.41 Å². The van der Waals surface area contributed by atoms with E-state index >= 15 is 0 Å². The fourth-order valence-electron chi connectivity index (χ4n) is 2.76. The van der Waals surface area contributed by atoms with Gasteiger partial charge >= 0.3 is 0 Å². The second-order valence-corrected chi connectivity index (χ2v) is 6.25. The van der Waals surface area contributed by atoms with Crippen molar-refractivity contribution >= 4 is 0 Å². The first-order chi connectivity index (χ1) is 9.13. The van der Waals surface area contributed by atoms with Gasteiger partial charge in [-0.1, -0.05) is 13.8 Å². The Morgan fingerprint density at radius 2 is 2.11 bits per heavy atom. The fraction of sp³-hybridized carbons (Fsp3) is 0.800. The molecule has 0 radical (unpaired) electrons. The van der Waals surface area contributed by atoms with Crippen LogP contribution >= 0.6 is 0 Å². The van der Waals surface area contributed by atoms with Gasteiger partial charge in [0.15, 0.2) is 0 Å². The number of hydrogen-bond acceptors (Lipinski definition) is 3. The Morgan fingerprint density at radius 1 is 1.37 bits per heavy atom. The third kappa shape index (κ3) is 4.05. The van der Waals surface area contributed by atoms with E-state index in [0.29, 0.717) is 5.41 Å². The van der Waals surface area contributed by atoms with Crippen LogP contribution in [0.1, 0.15) is 38.9 Å². The maximum Gasteiger partial charge on any atom is 0.122 e. The number of likely N-dealkylation sites (tertiary alicyclic amines) is 1. The summed E-state index contributed by atoms with van der Waals surface area (Å²) in [5.74, 6) is 1.17. The van der Waals surface area contributed by atoms with Crippen molar-refractivity contribution in [3.05, 3.63) is 18.2 Å². The number of piperidine rings is 1. The first-order valence-corrected chi connectivity index (χ1v) is 7.52. The summed E-state index contributed by atoms with van der Waals surface area (Å²) in [6.07, 6.45) is 7.73. The molecule has 1 aromatic heterocycles. The van der Waals surface area contributed by atoms with Crippen molar-refractivity contribution in [3.8, 4) is 0 Å². The summed E-state index contributed by atoms with van der Waals surface area (Å²) in [4.78, 5) is 6.87. The van der Waals surface area contributed by atoms with Crippen molar-refractivity contribution in [2.75, 3.05) is 26.7 Å². The SMILES string of the molecule is CCCn1ccnc1CNCC1(C)CCN(C)CC1. The summed E-state index contributed by atoms with van der Waals surface area (Å²) in [6, 6.07) is 0. The van der Waals surface area contributed by atoms with Crippen LogP contribution in [0.4, 0.5) is 0 Å². The monoisotopic (exact) mass is 264 g/mol. The van der Waals surface area contributed by atoms with Crippen LogP contribution in [0.3, 0.4) is 0 Å². The molecule has 1 aliphatic rings. The molecule has 1 fully saturated rings. The molecule has 1 saturated heterocycles. The maximum absolute atomic E-state index is 4.44. The van der Waals surface area contributed by atoms with E-state index in [1.54, 1.807) is 0 Å². The highest BCUT2D eigenvalue weighted by Crippen LogP contribution is 2.29. The summed E-state index contributed by atoms with van der Waals surface area (Å²) in [5.41, 5.74) is 0.453. The lowest BCUT2D eigenvalue weighted by Gasteiger charge is -2.38. The third-order valence-corrected chi connectivity index (χ3v) is 4.30. The van der Waals surface area contributed by atoms with Crippen LogP contribution in [0.25, 0.3) is 0 Å². The highest BCUT2D eigenvalue weighted by Gasteiger charge is 2.28. The van der Waals surface area contributed by atoms with E-state index in [1.165, 1.54) is 31.8 Å². The summed E-state index contributed by atoms with van der Waals surface area (Å²) in [5, 5.41) is 3.61. The average molecular weight is 264 g/mol. The molecule has 1 aromatic rings. The minimum atomic E-state index is 0.453. The Bertz CT molecular complexity index is 377. The number of hydrogen-bond donors (Lipinski definition) is 1. The molecular formula is C15H28N4. The van der Waals surface area contributed by atoms with Gasteiger partial charge in [-0.25, -0.2) is 4.98 Å². The Morgan fingerprint density at radius 3 is 2.79 bits per heavy atom. The first-order valence-electron chi connectivity index (χ1n) is 7.52. The smallest absolute Gasteiger partial charge is 0.122 e. The molecule has 0 spiro atoms. The van der Waals surface area contributed by atoms with Gasteiger partial charge in [-0.15, -0.1) is 0 Å². The minimum Gasteiger partial charge on any atom is -0.334 e. The summed E-state index contributed by atoms with van der Waals surface area (Å²) < 4.78 is 2.25. The molecule has 108 valence electrons. The molecule has 0 aromatic carbocycles. The van der Waals surface area contributed by atoms with Gasteiger partial charge in [0.05, 0.1) is 6.54 Å². The highest BCUT2D eigenvalue weighted by molar-refractivity contribution is 4.92. The number of nitrogens with one attached hydrogen (secondary N) is 1. The van der Waals surface area contributed by atoms with Crippen LogP contribution in [0, 0.1) is 5.41 Å². The number of nitrogens with zero attached hydrogens (tertiary/aromatic N) is 3. The normalized spacial score (nSPS) is 19.7. The third-order valence-electron chi connectivity index (χ3n) is 4.30. The van der Waals surface area contributed by atoms with Crippen molar-refractivity contribution in [1.29, 1.82) is 0 Å². The van der Waals surface area contributed by atoms with Crippen molar-refractivity contribution < 1.29 is 0 Å². The zero-order chi connectivity index (χ0) is 13.7. The van der Waals surface area contributed by atoms with E-state index < -0.39 is 0 Å². The van der Waals surface area contributed by atoms with E-state index in [2.05, 4.69) is 46.9 Å². The summed E-state index contributed by atoms with van der Waals surface area (Å²) in [6.45, 7) is 10.1. The van der Waals surface area contributed by atoms with Crippen molar-refractivity contribution in [1.82, 2.24) is 19.8 Å². The highest BCUT2D eigenvalue weighted by atomic mass is 15.1. The van der Waals surface area contributed by atoms with Crippen LogP contribution in [-0.2, 0) is 13.1 Å². The number of aryl methyl sites for hydroxylation is 1. The van der Waals surface area contributed by atoms with Gasteiger partial charge in [0.25, 0.3) is 0 Å². The van der Waals surface area contributed by atoms with Gasteiger partial charge in [0.2, 0.25) is 0 Å². The van der Waals surface area contributed by atoms with Crippen LogP contribution < -0.4 is 5.32 Å². The quantitative estimate of drug-likeness (QED) is 0.854. The van der Waals surface area contributed by atoms with Gasteiger partial charge in [-0.2, -0.15) is 0 Å². The predicted molar refractivity (Wildman–Crippen MR) is 79.1 cm³/mol. The maximum atomic E-state index is 4.44. The van der Waals surface area contributed by atoms with Crippen molar-refractivity contribution in [2.45, 2.75) is 46.2 Å². The molecule has 0 aliphatic carbocycles. The van der Waals surface area contributed by atoms with E-state index in [4.69, 9.17) is 0 Å². The molecule has 4 nitrogen and oxygen atoms in total. The lowest BCUT2D eigenvalue weighted by atomic mass is 9.80. The molecule has 2 rings (SSSR count). The minimum absolute atomic E-state index is 0.453. The van der Waals surface area contributed by atoms with Gasteiger partial charge in [0, 0.05) is 25.5 Å². The van der Waals surface area contributed by atoms with E-state index in [1.807, 2.05) is 6.20 Å². The molecule has 19 heavy (non-hydrogen) atoms. The molecule has 0 unspecified atom stereocenters. The molecular weight excluding hydrogens is 236 g/mol. The fourth-order valence-corrected chi connectivity index (χ4v) is 2.76. The van der Waals surface area contributed by atoms with Crippen LogP contribution in [0.2, 0.25) is 0 Å². The number of imidazole rings is 1. The molecule has 1 N–H and O–H groups in total. The van der Waals surface area contributed by atoms with Gasteiger partial charge in [-0.3, -0.25) is 0 Å². The molecule has 0 amide bonds. The first kappa shape index (κ1) is 14.5. The summed E-state index contributed by atoms with van der Waals surface area (Å²) in [7, 11) is 2.22. The Balaban J connectivity index is 1.78. The Labute approximate surface area is 117 Å². The lowest BCUT2D eigenvalue weighted by Crippen LogP contribution is -2.42. The van der Waals surface area contributed by atoms with E-state index in [0.717, 1.165) is 26.1 Å². The topological polar surface area (TPSA) is 33.1 Å².